The Balaban J connectivity index is 1.80. The lowest BCUT2D eigenvalue weighted by molar-refractivity contribution is 0.202. The van der Waals surface area contributed by atoms with Gasteiger partial charge >= 0.3 is 0 Å². The van der Waals surface area contributed by atoms with Crippen LogP contribution >= 0.6 is 11.6 Å². The molecule has 0 radical (unpaired) electrons. The normalized spacial score (nSPS) is 12.4. The molecule has 0 unspecified atom stereocenters. The molecule has 0 bridgehead atoms. The van der Waals surface area contributed by atoms with Gasteiger partial charge in [-0.15, -0.1) is 0 Å². The van der Waals surface area contributed by atoms with Gasteiger partial charge in [0, 0.05) is 5.56 Å². The minimum absolute atomic E-state index is 0.175. The summed E-state index contributed by atoms with van der Waals surface area (Å²) in [6.45, 7) is 16.2. The molecule has 0 spiro atoms. The minimum Gasteiger partial charge on any atom is -0.491 e. The second-order valence-corrected chi connectivity index (χ2v) is 14.7. The number of fused-ring (bicyclic) bond motifs is 1. The smallest absolute Gasteiger partial charge is 0.260 e. The highest BCUT2D eigenvalue weighted by molar-refractivity contribution is 6.74. The Labute approximate surface area is 189 Å². The van der Waals surface area contributed by atoms with Gasteiger partial charge in [-0.05, 0) is 67.4 Å². The van der Waals surface area contributed by atoms with Crippen LogP contribution in [0.4, 0.5) is 0 Å². The highest BCUT2D eigenvalue weighted by Crippen LogP contribution is 2.36. The maximum Gasteiger partial charge on any atom is 0.260 e. The van der Waals surface area contributed by atoms with Crippen molar-refractivity contribution in [3.63, 3.8) is 0 Å². The Morgan fingerprint density at radius 3 is 2.35 bits per heavy atom. The van der Waals surface area contributed by atoms with Crippen LogP contribution in [0.15, 0.2) is 35.1 Å². The van der Waals surface area contributed by atoms with E-state index in [0.29, 0.717) is 35.0 Å². The number of hydrogen-bond donors (Lipinski definition) is 1. The molecule has 1 aromatic heterocycles. The number of aromatic amines is 1. The van der Waals surface area contributed by atoms with E-state index in [0.717, 1.165) is 22.4 Å². The van der Waals surface area contributed by atoms with E-state index >= 15 is 0 Å². The van der Waals surface area contributed by atoms with Crippen molar-refractivity contribution in [3.05, 3.63) is 56.8 Å². The van der Waals surface area contributed by atoms with Crippen LogP contribution in [-0.2, 0) is 4.43 Å². The summed E-state index contributed by atoms with van der Waals surface area (Å²) in [5, 5.41) is 0.978. The number of ether oxygens (including phenoxy) is 1. The van der Waals surface area contributed by atoms with Crippen LogP contribution in [-0.4, -0.2) is 31.5 Å². The van der Waals surface area contributed by atoms with E-state index in [9.17, 15) is 4.79 Å². The number of rotatable bonds is 6. The summed E-state index contributed by atoms with van der Waals surface area (Å²) in [6, 6.07) is 9.23. The SMILES string of the molecule is Cc1cc(-c2nc3cccc(Cl)c3c(=O)[nH]2)cc(C)c1OCCO[Si](C)(C)C(C)(C)C. The van der Waals surface area contributed by atoms with Crippen LogP contribution < -0.4 is 10.3 Å². The molecule has 3 rings (SSSR count). The molecule has 0 atom stereocenters. The fraction of sp³-hybridized carbons (Fsp3) is 0.417. The lowest BCUT2D eigenvalue weighted by Crippen LogP contribution is -2.41. The second kappa shape index (κ2) is 8.77. The van der Waals surface area contributed by atoms with Crippen LogP contribution in [0.25, 0.3) is 22.3 Å². The van der Waals surface area contributed by atoms with E-state index in [1.54, 1.807) is 18.2 Å². The lowest BCUT2D eigenvalue weighted by Gasteiger charge is -2.36. The van der Waals surface area contributed by atoms with Gasteiger partial charge in [-0.3, -0.25) is 4.79 Å². The number of halogens is 1. The van der Waals surface area contributed by atoms with Gasteiger partial charge in [0.15, 0.2) is 8.32 Å². The molecule has 0 saturated carbocycles. The Hall–Kier alpha value is -2.15. The summed E-state index contributed by atoms with van der Waals surface area (Å²) in [5.41, 5.74) is 3.12. The standard InChI is InChI=1S/C24H31ClN2O3Si/c1-15-13-17(22-26-19-10-8-9-18(25)20(19)23(28)27-22)14-16(2)21(15)29-11-12-30-31(6,7)24(3,4)5/h8-10,13-14H,11-12H2,1-7H3,(H,26,27,28). The van der Waals surface area contributed by atoms with Crippen molar-refractivity contribution in [2.75, 3.05) is 13.2 Å². The molecule has 5 nitrogen and oxygen atoms in total. The van der Waals surface area contributed by atoms with Gasteiger partial charge < -0.3 is 14.1 Å². The average molecular weight is 459 g/mol. The molecule has 0 aliphatic heterocycles. The Morgan fingerprint density at radius 2 is 1.74 bits per heavy atom. The van der Waals surface area contributed by atoms with Gasteiger partial charge in [0.25, 0.3) is 5.56 Å². The largest absolute Gasteiger partial charge is 0.491 e. The van der Waals surface area contributed by atoms with E-state index in [2.05, 4.69) is 43.8 Å². The van der Waals surface area contributed by atoms with Crippen LogP contribution in [0, 0.1) is 13.8 Å². The van der Waals surface area contributed by atoms with E-state index in [-0.39, 0.29) is 10.6 Å². The summed E-state index contributed by atoms with van der Waals surface area (Å²) in [7, 11) is -1.79. The van der Waals surface area contributed by atoms with Crippen LogP contribution in [0.5, 0.6) is 5.75 Å². The molecule has 0 saturated heterocycles. The summed E-state index contributed by atoms with van der Waals surface area (Å²) in [5.74, 6) is 1.35. The molecule has 0 amide bonds. The zero-order valence-corrected chi connectivity index (χ0v) is 21.1. The summed E-state index contributed by atoms with van der Waals surface area (Å²) < 4.78 is 12.3. The lowest BCUT2D eigenvalue weighted by atomic mass is 10.0. The summed E-state index contributed by atoms with van der Waals surface area (Å²) in [4.78, 5) is 20.0. The zero-order valence-electron chi connectivity index (χ0n) is 19.4. The summed E-state index contributed by atoms with van der Waals surface area (Å²) in [6.07, 6.45) is 0. The van der Waals surface area contributed by atoms with Crippen LogP contribution in [0.3, 0.4) is 0 Å². The first-order chi connectivity index (χ1) is 14.4. The van der Waals surface area contributed by atoms with E-state index < -0.39 is 8.32 Å². The van der Waals surface area contributed by atoms with E-state index in [4.69, 9.17) is 20.8 Å². The Morgan fingerprint density at radius 1 is 1.10 bits per heavy atom. The van der Waals surface area contributed by atoms with E-state index in [1.807, 2.05) is 26.0 Å². The number of nitrogens with zero attached hydrogens (tertiary/aromatic N) is 1. The second-order valence-electron chi connectivity index (χ2n) is 9.44. The zero-order chi connectivity index (χ0) is 23.0. The van der Waals surface area contributed by atoms with Crippen LogP contribution in [0.2, 0.25) is 23.2 Å². The minimum atomic E-state index is -1.79. The van der Waals surface area contributed by atoms with Crippen molar-refractivity contribution in [2.24, 2.45) is 0 Å². The topological polar surface area (TPSA) is 64.2 Å². The number of aryl methyl sites for hydroxylation is 2. The van der Waals surface area contributed by atoms with E-state index in [1.165, 1.54) is 0 Å². The van der Waals surface area contributed by atoms with Gasteiger partial charge in [0.1, 0.15) is 18.2 Å². The third kappa shape index (κ3) is 5.02. The average Bonchev–Trinajstić information content (AvgIpc) is 2.65. The highest BCUT2D eigenvalue weighted by atomic mass is 35.5. The molecule has 0 aliphatic carbocycles. The fourth-order valence-corrected chi connectivity index (χ4v) is 4.54. The molecular weight excluding hydrogens is 428 g/mol. The molecule has 31 heavy (non-hydrogen) atoms. The first-order valence-electron chi connectivity index (χ1n) is 10.5. The molecule has 2 aromatic carbocycles. The van der Waals surface area contributed by atoms with Crippen molar-refractivity contribution < 1.29 is 9.16 Å². The first-order valence-corrected chi connectivity index (χ1v) is 13.8. The third-order valence-electron chi connectivity index (χ3n) is 6.02. The third-order valence-corrected chi connectivity index (χ3v) is 10.9. The molecule has 3 aromatic rings. The predicted molar refractivity (Wildman–Crippen MR) is 131 cm³/mol. The Kier molecular flexibility index (Phi) is 6.65. The van der Waals surface area contributed by atoms with Crippen molar-refractivity contribution in [1.82, 2.24) is 9.97 Å². The number of H-pyrrole nitrogens is 1. The molecule has 1 heterocycles. The number of nitrogens with one attached hydrogen (secondary N) is 1. The first kappa shape index (κ1) is 23.5. The molecular formula is C24H31ClN2O3Si. The van der Waals surface area contributed by atoms with Crippen molar-refractivity contribution >= 4 is 30.8 Å². The van der Waals surface area contributed by atoms with Crippen molar-refractivity contribution in [2.45, 2.75) is 52.8 Å². The van der Waals surface area contributed by atoms with Gasteiger partial charge in [-0.1, -0.05) is 38.4 Å². The van der Waals surface area contributed by atoms with Gasteiger partial charge in [-0.25, -0.2) is 4.98 Å². The molecule has 0 aliphatic rings. The Bertz CT molecular complexity index is 1140. The van der Waals surface area contributed by atoms with Gasteiger partial charge in [-0.2, -0.15) is 0 Å². The molecule has 166 valence electrons. The highest BCUT2D eigenvalue weighted by Gasteiger charge is 2.36. The summed E-state index contributed by atoms with van der Waals surface area (Å²) >= 11 is 6.16. The quantitative estimate of drug-likeness (QED) is 0.349. The van der Waals surface area contributed by atoms with Gasteiger partial charge in [0.2, 0.25) is 0 Å². The predicted octanol–water partition coefficient (Wildman–Crippen LogP) is 6.26. The number of aromatic nitrogens is 2. The molecule has 7 heteroatoms. The van der Waals surface area contributed by atoms with Crippen molar-refractivity contribution in [1.29, 1.82) is 0 Å². The maximum absolute atomic E-state index is 12.5. The monoisotopic (exact) mass is 458 g/mol. The van der Waals surface area contributed by atoms with Gasteiger partial charge in [0.05, 0.1) is 22.5 Å². The molecule has 0 fully saturated rings. The fourth-order valence-electron chi connectivity index (χ4n) is 3.26. The number of benzene rings is 2. The maximum atomic E-state index is 12.5. The van der Waals surface area contributed by atoms with Crippen LogP contribution in [0.1, 0.15) is 31.9 Å². The van der Waals surface area contributed by atoms with Crippen molar-refractivity contribution in [3.8, 4) is 17.1 Å². The molecule has 1 N–H and O–H groups in total. The number of hydrogen-bond acceptors (Lipinski definition) is 4.